The Hall–Kier alpha value is -4.22. The number of furan rings is 2. The van der Waals surface area contributed by atoms with Gasteiger partial charge in [0.2, 0.25) is 0 Å². The second-order valence-electron chi connectivity index (χ2n) is 7.85. The molecule has 0 saturated heterocycles. The number of rotatable bonds is 7. The first-order valence-electron chi connectivity index (χ1n) is 11.1. The number of hydrogen-bond acceptors (Lipinski definition) is 6. The SMILES string of the molecule is COc1cccc2c(-c3ncnn3Cc3ccncc3)c(P(c3ccco3)c3ccco3)ccc12. The molecule has 4 heterocycles. The number of pyridine rings is 1. The summed E-state index contributed by atoms with van der Waals surface area (Å²) in [5.74, 6) is 1.57. The highest BCUT2D eigenvalue weighted by Crippen LogP contribution is 2.41. The number of fused-ring (bicyclic) bond motifs is 1. The van der Waals surface area contributed by atoms with Crippen LogP contribution < -0.4 is 21.0 Å². The third-order valence-corrected chi connectivity index (χ3v) is 8.08. The van der Waals surface area contributed by atoms with Gasteiger partial charge in [-0.25, -0.2) is 9.67 Å². The molecule has 0 spiro atoms. The minimum absolute atomic E-state index is 0.567. The van der Waals surface area contributed by atoms with Gasteiger partial charge < -0.3 is 13.6 Å². The van der Waals surface area contributed by atoms with Gasteiger partial charge in [-0.05, 0) is 59.5 Å². The Balaban J connectivity index is 1.63. The summed E-state index contributed by atoms with van der Waals surface area (Å²) in [5, 5.41) is 7.67. The van der Waals surface area contributed by atoms with Crippen molar-refractivity contribution in [1.82, 2.24) is 19.7 Å². The highest BCUT2D eigenvalue weighted by Gasteiger charge is 2.28. The smallest absolute Gasteiger partial charge is 0.159 e. The number of ether oxygens (including phenoxy) is 1. The summed E-state index contributed by atoms with van der Waals surface area (Å²) in [6.45, 7) is 0.567. The molecule has 0 saturated carbocycles. The Morgan fingerprint density at radius 2 is 1.63 bits per heavy atom. The van der Waals surface area contributed by atoms with E-state index >= 15 is 0 Å². The van der Waals surface area contributed by atoms with Crippen LogP contribution in [0.25, 0.3) is 22.2 Å². The van der Waals surface area contributed by atoms with E-state index in [1.807, 2.05) is 53.2 Å². The average Bonchev–Trinajstić information content (AvgIpc) is 3.69. The molecule has 0 aliphatic rings. The van der Waals surface area contributed by atoms with E-state index in [1.54, 1.807) is 38.4 Å². The lowest BCUT2D eigenvalue weighted by Crippen LogP contribution is -2.22. The lowest BCUT2D eigenvalue weighted by Gasteiger charge is -2.20. The van der Waals surface area contributed by atoms with E-state index in [2.05, 4.69) is 28.3 Å². The van der Waals surface area contributed by atoms with Gasteiger partial charge in [0, 0.05) is 28.6 Å². The molecule has 0 fully saturated rings. The first-order valence-corrected chi connectivity index (χ1v) is 12.4. The van der Waals surface area contributed by atoms with Crippen molar-refractivity contribution in [2.24, 2.45) is 0 Å². The number of hydrogen-bond donors (Lipinski definition) is 0. The molecule has 2 aromatic carbocycles. The van der Waals surface area contributed by atoms with Gasteiger partial charge in [0.1, 0.15) is 23.1 Å². The number of benzene rings is 2. The van der Waals surface area contributed by atoms with Crippen molar-refractivity contribution in [2.75, 3.05) is 7.11 Å². The fourth-order valence-corrected chi connectivity index (χ4v) is 6.45. The lowest BCUT2D eigenvalue weighted by atomic mass is 10.0. The zero-order valence-electron chi connectivity index (χ0n) is 18.9. The van der Waals surface area contributed by atoms with Crippen molar-refractivity contribution in [3.8, 4) is 17.1 Å². The molecule has 0 atom stereocenters. The second kappa shape index (κ2) is 9.20. The van der Waals surface area contributed by atoms with Gasteiger partial charge in [-0.3, -0.25) is 4.98 Å². The van der Waals surface area contributed by atoms with Crippen LogP contribution >= 0.6 is 7.92 Å². The van der Waals surface area contributed by atoms with E-state index < -0.39 is 7.92 Å². The third-order valence-electron chi connectivity index (χ3n) is 5.83. The second-order valence-corrected chi connectivity index (χ2v) is 9.88. The molecule has 172 valence electrons. The van der Waals surface area contributed by atoms with Gasteiger partial charge >= 0.3 is 0 Å². The fourth-order valence-electron chi connectivity index (χ4n) is 4.29. The van der Waals surface area contributed by atoms with Crippen molar-refractivity contribution in [3.63, 3.8) is 0 Å². The van der Waals surface area contributed by atoms with Gasteiger partial charge in [-0.2, -0.15) is 5.10 Å². The highest BCUT2D eigenvalue weighted by atomic mass is 31.1. The molecular weight excluding hydrogens is 459 g/mol. The van der Waals surface area contributed by atoms with Crippen LogP contribution in [0.2, 0.25) is 0 Å². The summed E-state index contributed by atoms with van der Waals surface area (Å²) in [4.78, 5) is 8.87. The van der Waals surface area contributed by atoms with Crippen molar-refractivity contribution in [3.05, 3.63) is 104 Å². The Kier molecular flexibility index (Phi) is 5.60. The summed E-state index contributed by atoms with van der Waals surface area (Å²) < 4.78 is 19.5. The van der Waals surface area contributed by atoms with E-state index in [1.165, 1.54) is 0 Å². The van der Waals surface area contributed by atoms with Crippen molar-refractivity contribution in [1.29, 1.82) is 0 Å². The summed E-state index contributed by atoms with van der Waals surface area (Å²) in [5.41, 5.74) is 3.76. The largest absolute Gasteiger partial charge is 0.496 e. The highest BCUT2D eigenvalue weighted by molar-refractivity contribution is 7.79. The van der Waals surface area contributed by atoms with E-state index in [4.69, 9.17) is 18.6 Å². The molecule has 8 heteroatoms. The van der Waals surface area contributed by atoms with Crippen LogP contribution in [0.1, 0.15) is 5.56 Å². The monoisotopic (exact) mass is 480 g/mol. The van der Waals surface area contributed by atoms with Gasteiger partial charge in [-0.1, -0.05) is 18.2 Å². The molecule has 7 nitrogen and oxygen atoms in total. The maximum absolute atomic E-state index is 5.92. The van der Waals surface area contributed by atoms with Crippen LogP contribution in [-0.2, 0) is 6.54 Å². The first kappa shape index (κ1) is 21.3. The summed E-state index contributed by atoms with van der Waals surface area (Å²) in [6, 6.07) is 22.1. The molecule has 6 rings (SSSR count). The third kappa shape index (κ3) is 3.90. The van der Waals surface area contributed by atoms with Crippen LogP contribution in [0.15, 0.2) is 107 Å². The van der Waals surface area contributed by atoms with E-state index in [0.29, 0.717) is 6.54 Å². The Morgan fingerprint density at radius 1 is 0.857 bits per heavy atom. The van der Waals surface area contributed by atoms with Crippen LogP contribution in [-0.4, -0.2) is 26.9 Å². The van der Waals surface area contributed by atoms with E-state index in [0.717, 1.165) is 49.8 Å². The first-order chi connectivity index (χ1) is 17.3. The molecule has 0 N–H and O–H groups in total. The predicted octanol–water partition coefficient (Wildman–Crippen LogP) is 4.49. The summed E-state index contributed by atoms with van der Waals surface area (Å²) >= 11 is 0. The van der Waals surface area contributed by atoms with Crippen LogP contribution in [0.4, 0.5) is 0 Å². The van der Waals surface area contributed by atoms with Gasteiger partial charge in [-0.15, -0.1) is 0 Å². The summed E-state index contributed by atoms with van der Waals surface area (Å²) in [6.07, 6.45) is 8.56. The Labute approximate surface area is 202 Å². The molecule has 4 aromatic heterocycles. The minimum Gasteiger partial charge on any atom is -0.496 e. The molecule has 0 amide bonds. The predicted molar refractivity (Wildman–Crippen MR) is 136 cm³/mol. The molecular formula is C27H21N4O3P. The zero-order valence-corrected chi connectivity index (χ0v) is 19.8. The lowest BCUT2D eigenvalue weighted by molar-refractivity contribution is 0.420. The van der Waals surface area contributed by atoms with Gasteiger partial charge in [0.15, 0.2) is 5.82 Å². The molecule has 0 radical (unpaired) electrons. The standard InChI is InChI=1S/C27H21N4O3P/c1-32-22-6-2-5-21-20(22)9-10-23(35(24-7-3-15-33-24)25-8-4-16-34-25)26(21)27-29-18-30-31(27)17-19-11-13-28-14-12-19/h2-16,18H,17H2,1H3. The molecule has 0 aliphatic carbocycles. The van der Waals surface area contributed by atoms with Crippen molar-refractivity contribution >= 4 is 35.0 Å². The maximum atomic E-state index is 5.92. The molecule has 6 aromatic rings. The average molecular weight is 480 g/mol. The number of nitrogens with zero attached hydrogens (tertiary/aromatic N) is 4. The minimum atomic E-state index is -1.12. The van der Waals surface area contributed by atoms with Gasteiger partial charge in [0.25, 0.3) is 0 Å². The van der Waals surface area contributed by atoms with E-state index in [9.17, 15) is 0 Å². The Bertz CT molecular complexity index is 1530. The number of methoxy groups -OCH3 is 1. The topological polar surface area (TPSA) is 79.1 Å². The fraction of sp³-hybridized carbons (Fsp3) is 0.0741. The van der Waals surface area contributed by atoms with Crippen LogP contribution in [0, 0.1) is 0 Å². The maximum Gasteiger partial charge on any atom is 0.159 e. The normalized spacial score (nSPS) is 11.4. The van der Waals surface area contributed by atoms with Crippen molar-refractivity contribution < 1.29 is 13.6 Å². The van der Waals surface area contributed by atoms with Crippen LogP contribution in [0.5, 0.6) is 5.75 Å². The van der Waals surface area contributed by atoms with E-state index in [-0.39, 0.29) is 0 Å². The van der Waals surface area contributed by atoms with Gasteiger partial charge in [0.05, 0.1) is 34.1 Å². The quantitative estimate of drug-likeness (QED) is 0.313. The molecule has 0 bridgehead atoms. The summed E-state index contributed by atoms with van der Waals surface area (Å²) in [7, 11) is 0.566. The van der Waals surface area contributed by atoms with Crippen LogP contribution in [0.3, 0.4) is 0 Å². The number of aromatic nitrogens is 4. The zero-order chi connectivity index (χ0) is 23.6. The Morgan fingerprint density at radius 3 is 2.31 bits per heavy atom. The molecule has 0 aliphatic heterocycles. The molecule has 0 unspecified atom stereocenters. The van der Waals surface area contributed by atoms with Crippen molar-refractivity contribution in [2.45, 2.75) is 6.54 Å². The molecule has 35 heavy (non-hydrogen) atoms.